The molecule has 3 nitrogen and oxygen atoms in total. The molecule has 30 heavy (non-hydrogen) atoms. The number of aliphatic hydroxyl groups excluding tert-OH is 1. The van der Waals surface area contributed by atoms with Gasteiger partial charge in [0.25, 0.3) is 0 Å². The molecule has 1 aliphatic heterocycles. The number of nitrogens with zero attached hydrogens (tertiary/aromatic N) is 1. The van der Waals surface area contributed by atoms with Crippen LogP contribution >= 0.6 is 0 Å². The zero-order valence-corrected chi connectivity index (χ0v) is 17.1. The first kappa shape index (κ1) is 20.5. The highest BCUT2D eigenvalue weighted by Gasteiger charge is 2.44. The minimum Gasteiger partial charge on any atom is -0.513 e. The number of rotatable bonds is 4. The van der Waals surface area contributed by atoms with E-state index in [1.165, 1.54) is 12.1 Å². The van der Waals surface area contributed by atoms with Crippen LogP contribution in [0.1, 0.15) is 29.6 Å². The number of aliphatic hydroxyl groups is 1. The predicted molar refractivity (Wildman–Crippen MR) is 126 cm³/mol. The molecule has 0 amide bonds. The Balaban J connectivity index is 2.17. The molecule has 0 spiro atoms. The van der Waals surface area contributed by atoms with Gasteiger partial charge in [-0.25, -0.2) is 4.39 Å². The summed E-state index contributed by atoms with van der Waals surface area (Å²) in [6.07, 6.45) is 1.78. The zero-order chi connectivity index (χ0) is 21.8. The summed E-state index contributed by atoms with van der Waals surface area (Å²) >= 11 is 0. The number of hydrogen-bond acceptors (Lipinski definition) is 2. The third-order valence-electron chi connectivity index (χ3n) is 5.97. The van der Waals surface area contributed by atoms with Gasteiger partial charge in [0, 0.05) is 29.5 Å². The molecule has 2 N–H and O–H groups in total. The Bertz CT molecular complexity index is 1170. The molecule has 1 aromatic heterocycles. The fourth-order valence-electron chi connectivity index (χ4n) is 4.59. The summed E-state index contributed by atoms with van der Waals surface area (Å²) in [7, 11) is 17.1. The van der Waals surface area contributed by atoms with Crippen LogP contribution < -0.4 is 5.32 Å². The Kier molecular flexibility index (Phi) is 4.88. The Morgan fingerprint density at radius 3 is 2.53 bits per heavy atom. The molecule has 3 aromatic rings. The Morgan fingerprint density at radius 2 is 1.97 bits per heavy atom. The van der Waals surface area contributed by atoms with Crippen molar-refractivity contribution >= 4 is 45.6 Å². The molecule has 2 aromatic carbocycles. The molecule has 2 unspecified atom stereocenters. The number of aromatic nitrogens is 1. The van der Waals surface area contributed by atoms with Gasteiger partial charge >= 0.3 is 0 Å². The number of fused-ring (bicyclic) bond motifs is 3. The first-order chi connectivity index (χ1) is 14.2. The molecule has 0 aliphatic carbocycles. The normalized spacial score (nSPS) is 19.7. The van der Waals surface area contributed by atoms with Gasteiger partial charge in [0.1, 0.15) is 13.1 Å². The highest BCUT2D eigenvalue weighted by atomic mass is 19.1. The summed E-state index contributed by atoms with van der Waals surface area (Å²) in [5.74, 6) is -1.07. The van der Waals surface area contributed by atoms with E-state index in [2.05, 4.69) is 23.0 Å². The van der Waals surface area contributed by atoms with Crippen LogP contribution in [0.3, 0.4) is 0 Å². The van der Waals surface area contributed by atoms with E-state index in [0.717, 1.165) is 39.1 Å². The van der Waals surface area contributed by atoms with Crippen molar-refractivity contribution in [1.82, 2.24) is 4.57 Å². The second-order valence-electron chi connectivity index (χ2n) is 7.87. The minimum atomic E-state index is -1.36. The van der Waals surface area contributed by atoms with Crippen molar-refractivity contribution in [1.29, 1.82) is 0 Å². The van der Waals surface area contributed by atoms with Gasteiger partial charge in [-0.2, -0.15) is 0 Å². The molecule has 5 radical (unpaired) electrons. The van der Waals surface area contributed by atoms with Gasteiger partial charge in [-0.3, -0.25) is 0 Å². The summed E-state index contributed by atoms with van der Waals surface area (Å²) in [4.78, 5) is 0. The average molecular weight is 393 g/mol. The third kappa shape index (κ3) is 2.91. The largest absolute Gasteiger partial charge is 0.513 e. The molecule has 0 bridgehead atoms. The lowest BCUT2D eigenvalue weighted by molar-refractivity contribution is 0.380. The first-order valence-corrected chi connectivity index (χ1v) is 9.80. The molecular weight excluding hydrogens is 372 g/mol. The van der Waals surface area contributed by atoms with E-state index in [4.69, 9.17) is 15.7 Å². The maximum absolute atomic E-state index is 13.6. The van der Waals surface area contributed by atoms with Crippen LogP contribution in [-0.4, -0.2) is 39.7 Å². The van der Waals surface area contributed by atoms with E-state index in [0.29, 0.717) is 0 Å². The number of halogens is 1. The van der Waals surface area contributed by atoms with Crippen molar-refractivity contribution in [2.45, 2.75) is 23.8 Å². The summed E-state index contributed by atoms with van der Waals surface area (Å²) in [5, 5.41) is 12.9. The number of benzene rings is 2. The molecule has 145 valence electrons. The van der Waals surface area contributed by atoms with Gasteiger partial charge in [-0.05, 0) is 59.2 Å². The standard InChI is InChI=1S/C23H21B3FN2O/c1-5-14-10-19-17(11-18(14)28-4)20-21(29(19)16-8-6-15(27)7-9-16)12(2)26-22(13(3)30)23(20,24)25/h5-12,22,28,30H,1,3H2,2,4H3. The summed E-state index contributed by atoms with van der Waals surface area (Å²) in [6, 6.07) is 10.3. The van der Waals surface area contributed by atoms with Crippen LogP contribution in [0, 0.1) is 5.82 Å². The second-order valence-corrected chi connectivity index (χ2v) is 7.87. The predicted octanol–water partition coefficient (Wildman–Crippen LogP) is 4.58. The summed E-state index contributed by atoms with van der Waals surface area (Å²) in [6.45, 7) is 9.63. The van der Waals surface area contributed by atoms with E-state index in [9.17, 15) is 9.50 Å². The number of hydrogen-bond donors (Lipinski definition) is 2. The molecule has 7 heteroatoms. The molecule has 0 fully saturated rings. The minimum absolute atomic E-state index is 0.0725. The van der Waals surface area contributed by atoms with Crippen molar-refractivity contribution in [3.63, 3.8) is 0 Å². The van der Waals surface area contributed by atoms with E-state index < -0.39 is 11.0 Å². The van der Waals surface area contributed by atoms with Gasteiger partial charge in [0.2, 0.25) is 0 Å². The number of anilines is 1. The highest BCUT2D eigenvalue weighted by molar-refractivity contribution is 6.53. The Labute approximate surface area is 179 Å². The van der Waals surface area contributed by atoms with E-state index in [1.807, 2.05) is 33.4 Å². The van der Waals surface area contributed by atoms with Crippen LogP contribution in [0.15, 0.2) is 55.3 Å². The molecule has 0 saturated carbocycles. The number of nitrogens with one attached hydrogen (secondary N) is 1. The highest BCUT2D eigenvalue weighted by Crippen LogP contribution is 2.50. The Morgan fingerprint density at radius 1 is 1.30 bits per heavy atom. The molecule has 1 aliphatic rings. The fraction of sp³-hybridized carbons (Fsp3) is 0.217. The maximum Gasteiger partial charge on any atom is 0.134 e. The average Bonchev–Trinajstić information content (AvgIpc) is 3.05. The van der Waals surface area contributed by atoms with Crippen LogP contribution in [0.25, 0.3) is 22.7 Å². The lowest BCUT2D eigenvalue weighted by Crippen LogP contribution is -2.43. The molecule has 2 heterocycles. The van der Waals surface area contributed by atoms with Crippen molar-refractivity contribution < 1.29 is 9.50 Å². The lowest BCUT2D eigenvalue weighted by atomic mass is 9.30. The smallest absolute Gasteiger partial charge is 0.134 e. The van der Waals surface area contributed by atoms with Crippen molar-refractivity contribution in [2.75, 3.05) is 12.4 Å². The van der Waals surface area contributed by atoms with E-state index in [-0.39, 0.29) is 17.4 Å². The first-order valence-electron chi connectivity index (χ1n) is 9.80. The lowest BCUT2D eigenvalue weighted by Gasteiger charge is -2.42. The van der Waals surface area contributed by atoms with Crippen LogP contribution in [0.2, 0.25) is 5.82 Å². The van der Waals surface area contributed by atoms with Crippen LogP contribution in [0.4, 0.5) is 10.1 Å². The van der Waals surface area contributed by atoms with Gasteiger partial charge < -0.3 is 15.0 Å². The van der Waals surface area contributed by atoms with E-state index in [1.54, 1.807) is 18.2 Å². The van der Waals surface area contributed by atoms with Crippen molar-refractivity contribution in [3.05, 3.63) is 78.0 Å². The van der Waals surface area contributed by atoms with Crippen molar-refractivity contribution in [2.24, 2.45) is 0 Å². The zero-order valence-electron chi connectivity index (χ0n) is 17.1. The van der Waals surface area contributed by atoms with Crippen molar-refractivity contribution in [3.8, 4) is 5.69 Å². The maximum atomic E-state index is 13.6. The molecular formula is C23H21B3FN2O. The summed E-state index contributed by atoms with van der Waals surface area (Å²) in [5.41, 5.74) is 5.13. The fourth-order valence-corrected chi connectivity index (χ4v) is 4.59. The monoisotopic (exact) mass is 393 g/mol. The molecule has 0 saturated heterocycles. The third-order valence-corrected chi connectivity index (χ3v) is 5.97. The van der Waals surface area contributed by atoms with Gasteiger partial charge in [0.15, 0.2) is 0 Å². The second kappa shape index (κ2) is 7.15. The topological polar surface area (TPSA) is 37.2 Å². The van der Waals surface area contributed by atoms with Gasteiger partial charge in [-0.1, -0.05) is 31.4 Å². The van der Waals surface area contributed by atoms with Gasteiger partial charge in [0.05, 0.1) is 27.0 Å². The summed E-state index contributed by atoms with van der Waals surface area (Å²) < 4.78 is 15.7. The van der Waals surface area contributed by atoms with Gasteiger partial charge in [-0.15, -0.1) is 0 Å². The SMILES string of the molecule is [B]C1([B])c2c(n(-c3ccc(F)cc3)c3cc(C=C)c(NC)cc23)C(C)[B]C1C(=C)O. The Hall–Kier alpha value is -2.82. The van der Waals surface area contributed by atoms with E-state index >= 15 is 0 Å². The quantitative estimate of drug-likeness (QED) is 0.503. The molecule has 4 rings (SSSR count). The number of allylic oxidation sites excluding steroid dienone is 1. The van der Waals surface area contributed by atoms with Crippen LogP contribution in [0.5, 0.6) is 0 Å². The van der Waals surface area contributed by atoms with Crippen LogP contribution in [-0.2, 0) is 5.21 Å². The molecule has 2 atom stereocenters.